The Labute approximate surface area is 144 Å². The highest BCUT2D eigenvalue weighted by atomic mass is 32.2. The molecular weight excluding hydrogens is 308 g/mol. The number of likely N-dealkylation sites (tertiary alicyclic amines) is 1. The molecule has 1 heterocycles. The molecule has 0 spiro atoms. The van der Waals surface area contributed by atoms with Gasteiger partial charge in [-0.15, -0.1) is 11.8 Å². The number of piperidine rings is 1. The van der Waals surface area contributed by atoms with Gasteiger partial charge in [0, 0.05) is 26.0 Å². The van der Waals surface area contributed by atoms with Gasteiger partial charge in [-0.2, -0.15) is 0 Å². The molecule has 2 rings (SSSR count). The summed E-state index contributed by atoms with van der Waals surface area (Å²) in [4.78, 5) is 14.4. The smallest absolute Gasteiger partial charge is 0.230 e. The van der Waals surface area contributed by atoms with Crippen molar-refractivity contribution in [3.63, 3.8) is 0 Å². The zero-order valence-corrected chi connectivity index (χ0v) is 14.8. The standard InChI is InChI=1S/C18H28N2O2S/c1-22-12-11-20-9-7-16(8-10-20)13-19-18(21)15-23-14-17-5-3-2-4-6-17/h2-6,16H,7-15H2,1H3,(H,19,21). The Bertz CT molecular complexity index is 448. The Morgan fingerprint density at radius 2 is 2.04 bits per heavy atom. The van der Waals surface area contributed by atoms with Crippen LogP contribution in [0, 0.1) is 5.92 Å². The highest BCUT2D eigenvalue weighted by Gasteiger charge is 2.19. The van der Waals surface area contributed by atoms with Crippen molar-refractivity contribution >= 4 is 17.7 Å². The fourth-order valence-corrected chi connectivity index (χ4v) is 3.60. The zero-order chi connectivity index (χ0) is 16.3. The summed E-state index contributed by atoms with van der Waals surface area (Å²) in [6.07, 6.45) is 2.34. The third kappa shape index (κ3) is 7.38. The molecule has 1 aliphatic heterocycles. The molecule has 128 valence electrons. The van der Waals surface area contributed by atoms with E-state index in [1.54, 1.807) is 18.9 Å². The van der Waals surface area contributed by atoms with Crippen LogP contribution in [0.15, 0.2) is 30.3 Å². The first kappa shape index (κ1) is 18.3. The minimum Gasteiger partial charge on any atom is -0.383 e. The van der Waals surface area contributed by atoms with Crippen molar-refractivity contribution in [1.82, 2.24) is 10.2 Å². The fraction of sp³-hybridized carbons (Fsp3) is 0.611. The van der Waals surface area contributed by atoms with Crippen LogP contribution in [-0.4, -0.2) is 56.5 Å². The molecule has 0 saturated carbocycles. The van der Waals surface area contributed by atoms with E-state index in [-0.39, 0.29) is 5.91 Å². The molecule has 5 heteroatoms. The molecule has 1 aromatic rings. The minimum absolute atomic E-state index is 0.160. The Balaban J connectivity index is 1.53. The number of nitrogens with zero attached hydrogens (tertiary/aromatic N) is 1. The number of carbonyl (C=O) groups is 1. The van der Waals surface area contributed by atoms with Crippen LogP contribution in [0.2, 0.25) is 0 Å². The number of hydrogen-bond acceptors (Lipinski definition) is 4. The molecule has 0 aromatic heterocycles. The molecule has 0 atom stereocenters. The maximum absolute atomic E-state index is 11.9. The van der Waals surface area contributed by atoms with Crippen molar-refractivity contribution in [3.05, 3.63) is 35.9 Å². The number of rotatable bonds is 9. The van der Waals surface area contributed by atoms with Crippen molar-refractivity contribution in [3.8, 4) is 0 Å². The molecule has 1 saturated heterocycles. The monoisotopic (exact) mass is 336 g/mol. The van der Waals surface area contributed by atoms with Crippen LogP contribution < -0.4 is 5.32 Å². The SMILES string of the molecule is COCCN1CCC(CNC(=O)CSCc2ccccc2)CC1. The summed E-state index contributed by atoms with van der Waals surface area (Å²) in [5.74, 6) is 2.22. The predicted molar refractivity (Wildman–Crippen MR) is 96.7 cm³/mol. The molecule has 0 bridgehead atoms. The van der Waals surface area contributed by atoms with E-state index in [9.17, 15) is 4.79 Å². The second kappa shape index (κ2) is 10.7. The molecule has 4 nitrogen and oxygen atoms in total. The van der Waals surface area contributed by atoms with Gasteiger partial charge in [0.15, 0.2) is 0 Å². The summed E-state index contributed by atoms with van der Waals surface area (Å²) in [6, 6.07) is 10.3. The lowest BCUT2D eigenvalue weighted by molar-refractivity contribution is -0.118. The number of methoxy groups -OCH3 is 1. The number of benzene rings is 1. The first-order valence-corrected chi connectivity index (χ1v) is 9.53. The Kier molecular flexibility index (Phi) is 8.50. The Morgan fingerprint density at radius 1 is 1.30 bits per heavy atom. The van der Waals surface area contributed by atoms with Crippen LogP contribution in [0.3, 0.4) is 0 Å². The van der Waals surface area contributed by atoms with E-state index >= 15 is 0 Å². The minimum atomic E-state index is 0.160. The quantitative estimate of drug-likeness (QED) is 0.752. The molecule has 1 N–H and O–H groups in total. The summed E-state index contributed by atoms with van der Waals surface area (Å²) < 4.78 is 5.12. The summed E-state index contributed by atoms with van der Waals surface area (Å²) >= 11 is 1.68. The van der Waals surface area contributed by atoms with E-state index in [1.165, 1.54) is 18.4 Å². The summed E-state index contributed by atoms with van der Waals surface area (Å²) in [5, 5.41) is 3.09. The van der Waals surface area contributed by atoms with Crippen LogP contribution in [0.1, 0.15) is 18.4 Å². The summed E-state index contributed by atoms with van der Waals surface area (Å²) in [7, 11) is 1.75. The van der Waals surface area contributed by atoms with E-state index in [0.29, 0.717) is 11.7 Å². The van der Waals surface area contributed by atoms with Gasteiger partial charge in [-0.25, -0.2) is 0 Å². The number of hydrogen-bond donors (Lipinski definition) is 1. The third-order valence-corrected chi connectivity index (χ3v) is 5.26. The van der Waals surface area contributed by atoms with Crippen LogP contribution in [0.4, 0.5) is 0 Å². The second-order valence-corrected chi connectivity index (χ2v) is 7.05. The molecule has 1 aromatic carbocycles. The van der Waals surface area contributed by atoms with Crippen molar-refractivity contribution in [1.29, 1.82) is 0 Å². The lowest BCUT2D eigenvalue weighted by Crippen LogP contribution is -2.40. The van der Waals surface area contributed by atoms with Gasteiger partial charge in [0.05, 0.1) is 12.4 Å². The highest BCUT2D eigenvalue weighted by molar-refractivity contribution is 7.99. The molecule has 1 aliphatic rings. The molecular formula is C18H28N2O2S. The Morgan fingerprint density at radius 3 is 2.74 bits per heavy atom. The summed E-state index contributed by atoms with van der Waals surface area (Å²) in [6.45, 7) is 4.88. The van der Waals surface area contributed by atoms with Crippen molar-refractivity contribution in [2.75, 3.05) is 45.6 Å². The number of carbonyl (C=O) groups excluding carboxylic acids is 1. The van der Waals surface area contributed by atoms with E-state index in [1.807, 2.05) is 18.2 Å². The van der Waals surface area contributed by atoms with Gasteiger partial charge in [0.1, 0.15) is 0 Å². The number of thioether (sulfide) groups is 1. The molecule has 1 fully saturated rings. The van der Waals surface area contributed by atoms with Crippen LogP contribution in [0.25, 0.3) is 0 Å². The van der Waals surface area contributed by atoms with Gasteiger partial charge in [-0.05, 0) is 37.4 Å². The second-order valence-electron chi connectivity index (χ2n) is 6.06. The lowest BCUT2D eigenvalue weighted by atomic mass is 9.97. The number of nitrogens with one attached hydrogen (secondary N) is 1. The topological polar surface area (TPSA) is 41.6 Å². The molecule has 1 amide bonds. The van der Waals surface area contributed by atoms with Gasteiger partial charge in [0.25, 0.3) is 0 Å². The normalized spacial score (nSPS) is 16.4. The van der Waals surface area contributed by atoms with Crippen molar-refractivity contribution in [2.24, 2.45) is 5.92 Å². The van der Waals surface area contributed by atoms with Gasteiger partial charge in [0.2, 0.25) is 5.91 Å². The predicted octanol–water partition coefficient (Wildman–Crippen LogP) is 2.39. The van der Waals surface area contributed by atoms with E-state index < -0.39 is 0 Å². The molecule has 0 unspecified atom stereocenters. The maximum atomic E-state index is 11.9. The van der Waals surface area contributed by atoms with Gasteiger partial charge in [-0.3, -0.25) is 4.79 Å². The van der Waals surface area contributed by atoms with Crippen LogP contribution >= 0.6 is 11.8 Å². The van der Waals surface area contributed by atoms with Crippen LogP contribution in [-0.2, 0) is 15.3 Å². The van der Waals surface area contributed by atoms with Gasteiger partial charge >= 0.3 is 0 Å². The van der Waals surface area contributed by atoms with E-state index in [0.717, 1.165) is 38.5 Å². The average Bonchev–Trinajstić information content (AvgIpc) is 2.60. The molecule has 0 radical (unpaired) electrons. The Hall–Kier alpha value is -1.04. The lowest BCUT2D eigenvalue weighted by Gasteiger charge is -2.31. The highest BCUT2D eigenvalue weighted by Crippen LogP contribution is 2.16. The van der Waals surface area contributed by atoms with Gasteiger partial charge in [-0.1, -0.05) is 30.3 Å². The van der Waals surface area contributed by atoms with Crippen molar-refractivity contribution in [2.45, 2.75) is 18.6 Å². The fourth-order valence-electron chi connectivity index (χ4n) is 2.78. The van der Waals surface area contributed by atoms with Crippen molar-refractivity contribution < 1.29 is 9.53 Å². The average molecular weight is 337 g/mol. The summed E-state index contributed by atoms with van der Waals surface area (Å²) in [5.41, 5.74) is 1.27. The van der Waals surface area contributed by atoms with E-state index in [2.05, 4.69) is 22.3 Å². The molecule has 0 aliphatic carbocycles. The largest absolute Gasteiger partial charge is 0.383 e. The van der Waals surface area contributed by atoms with Gasteiger partial charge < -0.3 is 15.0 Å². The zero-order valence-electron chi connectivity index (χ0n) is 14.0. The third-order valence-electron chi connectivity index (χ3n) is 4.25. The first-order valence-electron chi connectivity index (χ1n) is 8.37. The maximum Gasteiger partial charge on any atom is 0.230 e. The number of amides is 1. The van der Waals surface area contributed by atoms with E-state index in [4.69, 9.17) is 4.74 Å². The first-order chi connectivity index (χ1) is 11.3. The number of ether oxygens (including phenoxy) is 1. The van der Waals surface area contributed by atoms with Crippen LogP contribution in [0.5, 0.6) is 0 Å². The molecule has 23 heavy (non-hydrogen) atoms.